The highest BCUT2D eigenvalue weighted by Gasteiger charge is 2.28. The van der Waals surface area contributed by atoms with Crippen molar-refractivity contribution in [3.8, 4) is 0 Å². The summed E-state index contributed by atoms with van der Waals surface area (Å²) < 4.78 is 10.9. The molecule has 0 aromatic heterocycles. The topological polar surface area (TPSA) is 64.6 Å². The van der Waals surface area contributed by atoms with Crippen LogP contribution in [-0.4, -0.2) is 29.6 Å². The van der Waals surface area contributed by atoms with E-state index < -0.39 is 23.7 Å². The number of benzene rings is 2. The molecule has 1 unspecified atom stereocenters. The van der Waals surface area contributed by atoms with Gasteiger partial charge in [0.25, 0.3) is 0 Å². The molecule has 150 valence electrons. The molecule has 2 aromatic carbocycles. The molecule has 0 aliphatic carbocycles. The summed E-state index contributed by atoms with van der Waals surface area (Å²) >= 11 is 0. The van der Waals surface area contributed by atoms with Gasteiger partial charge in [0, 0.05) is 0 Å². The van der Waals surface area contributed by atoms with Crippen molar-refractivity contribution in [1.82, 2.24) is 5.32 Å². The van der Waals surface area contributed by atoms with Gasteiger partial charge in [-0.05, 0) is 45.2 Å². The highest BCUT2D eigenvalue weighted by Crippen LogP contribution is 2.12. The molecule has 1 N–H and O–H groups in total. The molecular formula is C23H29NO4. The molecule has 0 heterocycles. The Hall–Kier alpha value is -2.66. The first kappa shape index (κ1) is 21.6. The maximum absolute atomic E-state index is 12.7. The highest BCUT2D eigenvalue weighted by molar-refractivity contribution is 5.80. The van der Waals surface area contributed by atoms with Crippen LogP contribution in [-0.2, 0) is 32.1 Å². The lowest BCUT2D eigenvalue weighted by molar-refractivity contribution is -0.158. The number of hydrogen-bond acceptors (Lipinski definition) is 5. The minimum absolute atomic E-state index is 0.196. The summed E-state index contributed by atoms with van der Waals surface area (Å²) in [7, 11) is 0. The predicted molar refractivity (Wildman–Crippen MR) is 109 cm³/mol. The fraction of sp³-hybridized carbons (Fsp3) is 0.391. The van der Waals surface area contributed by atoms with Crippen LogP contribution in [0.2, 0.25) is 0 Å². The monoisotopic (exact) mass is 383 g/mol. The van der Waals surface area contributed by atoms with Crippen LogP contribution in [0.1, 0.15) is 38.8 Å². The van der Waals surface area contributed by atoms with Crippen molar-refractivity contribution in [3.63, 3.8) is 0 Å². The first-order valence-electron chi connectivity index (χ1n) is 9.48. The normalized spacial score (nSPS) is 13.4. The Bertz CT molecular complexity index is 753. The summed E-state index contributed by atoms with van der Waals surface area (Å²) in [5.74, 6) is -0.801. The second-order valence-corrected chi connectivity index (χ2v) is 7.76. The standard InChI is InChI=1S/C23H29NO4/c1-17(21(25)27-16-19-13-9-6-10-14-19)24-20(22(26)28-23(2,3)4)15-18-11-7-5-8-12-18/h5-14,17,20,24H,15-16H2,1-4H3/t17-,20?/m0/s1. The molecule has 0 aliphatic rings. The molecule has 0 spiro atoms. The smallest absolute Gasteiger partial charge is 0.324 e. The summed E-state index contributed by atoms with van der Waals surface area (Å²) in [6, 6.07) is 17.8. The highest BCUT2D eigenvalue weighted by atomic mass is 16.6. The third-order valence-electron chi connectivity index (χ3n) is 4.00. The molecule has 5 nitrogen and oxygen atoms in total. The molecule has 2 rings (SSSR count). The number of nitrogens with one attached hydrogen (secondary N) is 1. The zero-order valence-electron chi connectivity index (χ0n) is 17.0. The summed E-state index contributed by atoms with van der Waals surface area (Å²) in [6.45, 7) is 7.35. The van der Waals surface area contributed by atoms with Crippen molar-refractivity contribution < 1.29 is 19.1 Å². The first-order valence-corrected chi connectivity index (χ1v) is 9.48. The lowest BCUT2D eigenvalue weighted by Gasteiger charge is -2.26. The van der Waals surface area contributed by atoms with Crippen LogP contribution in [0, 0.1) is 0 Å². The fourth-order valence-electron chi connectivity index (χ4n) is 2.66. The SMILES string of the molecule is C[C@H](NC(Cc1ccccc1)C(=O)OC(C)(C)C)C(=O)OCc1ccccc1. The Morgan fingerprint density at radius 3 is 1.96 bits per heavy atom. The van der Waals surface area contributed by atoms with Gasteiger partial charge < -0.3 is 9.47 Å². The van der Waals surface area contributed by atoms with Gasteiger partial charge in [0.1, 0.15) is 24.3 Å². The van der Waals surface area contributed by atoms with Crippen LogP contribution in [0.4, 0.5) is 0 Å². The van der Waals surface area contributed by atoms with Crippen molar-refractivity contribution in [2.24, 2.45) is 0 Å². The molecular weight excluding hydrogens is 354 g/mol. The second-order valence-electron chi connectivity index (χ2n) is 7.76. The van der Waals surface area contributed by atoms with Crippen molar-refractivity contribution in [1.29, 1.82) is 0 Å². The van der Waals surface area contributed by atoms with E-state index in [0.29, 0.717) is 6.42 Å². The number of hydrogen-bond donors (Lipinski definition) is 1. The van der Waals surface area contributed by atoms with E-state index in [2.05, 4.69) is 5.32 Å². The Morgan fingerprint density at radius 1 is 0.893 bits per heavy atom. The van der Waals surface area contributed by atoms with Gasteiger partial charge in [-0.25, -0.2) is 0 Å². The van der Waals surface area contributed by atoms with E-state index in [9.17, 15) is 9.59 Å². The summed E-state index contributed by atoms with van der Waals surface area (Å²) in [4.78, 5) is 25.0. The molecule has 0 fully saturated rings. The lowest BCUT2D eigenvalue weighted by atomic mass is 10.0. The van der Waals surface area contributed by atoms with Gasteiger partial charge in [0.15, 0.2) is 0 Å². The molecule has 28 heavy (non-hydrogen) atoms. The van der Waals surface area contributed by atoms with Crippen molar-refractivity contribution in [2.45, 2.75) is 58.4 Å². The predicted octanol–water partition coefficient (Wildman–Crippen LogP) is 3.66. The first-order chi connectivity index (χ1) is 13.2. The van der Waals surface area contributed by atoms with Gasteiger partial charge in [0.2, 0.25) is 0 Å². The Morgan fingerprint density at radius 2 is 1.43 bits per heavy atom. The Labute approximate surface area is 167 Å². The molecule has 0 saturated heterocycles. The number of rotatable bonds is 8. The molecule has 5 heteroatoms. The zero-order chi connectivity index (χ0) is 20.6. The maximum Gasteiger partial charge on any atom is 0.324 e. The Kier molecular flexibility index (Phi) is 7.76. The summed E-state index contributed by atoms with van der Waals surface area (Å²) in [5.41, 5.74) is 1.29. The number of carbonyl (C=O) groups is 2. The van der Waals surface area contributed by atoms with Crippen molar-refractivity contribution in [3.05, 3.63) is 71.8 Å². The van der Waals surface area contributed by atoms with Gasteiger partial charge in [0.05, 0.1) is 0 Å². The Balaban J connectivity index is 2.00. The fourth-order valence-corrected chi connectivity index (χ4v) is 2.66. The van der Waals surface area contributed by atoms with Crippen LogP contribution in [0.25, 0.3) is 0 Å². The minimum atomic E-state index is -0.652. The molecule has 0 saturated carbocycles. The van der Waals surface area contributed by atoms with Crippen LogP contribution in [0.5, 0.6) is 0 Å². The van der Waals surface area contributed by atoms with Crippen LogP contribution < -0.4 is 5.32 Å². The van der Waals surface area contributed by atoms with Gasteiger partial charge in [-0.1, -0.05) is 60.7 Å². The van der Waals surface area contributed by atoms with Crippen LogP contribution in [0.3, 0.4) is 0 Å². The average molecular weight is 383 g/mol. The van der Waals surface area contributed by atoms with Crippen LogP contribution in [0.15, 0.2) is 60.7 Å². The average Bonchev–Trinajstić information content (AvgIpc) is 2.65. The number of ether oxygens (including phenoxy) is 2. The largest absolute Gasteiger partial charge is 0.460 e. The number of carbonyl (C=O) groups excluding carboxylic acids is 2. The molecule has 0 radical (unpaired) electrons. The minimum Gasteiger partial charge on any atom is -0.460 e. The molecule has 2 aromatic rings. The van der Waals surface area contributed by atoms with E-state index in [-0.39, 0.29) is 12.6 Å². The van der Waals surface area contributed by atoms with E-state index in [0.717, 1.165) is 11.1 Å². The van der Waals surface area contributed by atoms with Gasteiger partial charge in [-0.2, -0.15) is 0 Å². The van der Waals surface area contributed by atoms with E-state index in [1.54, 1.807) is 6.92 Å². The maximum atomic E-state index is 12.7. The van der Waals surface area contributed by atoms with Crippen molar-refractivity contribution in [2.75, 3.05) is 0 Å². The van der Waals surface area contributed by atoms with Gasteiger partial charge in [-0.3, -0.25) is 14.9 Å². The van der Waals surface area contributed by atoms with E-state index in [1.165, 1.54) is 0 Å². The lowest BCUT2D eigenvalue weighted by Crippen LogP contribution is -2.49. The van der Waals surface area contributed by atoms with Crippen molar-refractivity contribution >= 4 is 11.9 Å². The van der Waals surface area contributed by atoms with E-state index in [4.69, 9.17) is 9.47 Å². The van der Waals surface area contributed by atoms with E-state index in [1.807, 2.05) is 81.4 Å². The zero-order valence-corrected chi connectivity index (χ0v) is 17.0. The van der Waals surface area contributed by atoms with Gasteiger partial charge >= 0.3 is 11.9 Å². The van der Waals surface area contributed by atoms with Gasteiger partial charge in [-0.15, -0.1) is 0 Å². The molecule has 0 bridgehead atoms. The van der Waals surface area contributed by atoms with E-state index >= 15 is 0 Å². The van der Waals surface area contributed by atoms with Crippen LogP contribution >= 0.6 is 0 Å². The molecule has 2 atom stereocenters. The molecule has 0 amide bonds. The third kappa shape index (κ3) is 7.53. The number of esters is 2. The summed E-state index contributed by atoms with van der Waals surface area (Å²) in [6.07, 6.45) is 0.423. The molecule has 0 aliphatic heterocycles. The summed E-state index contributed by atoms with van der Waals surface area (Å²) in [5, 5.41) is 3.07. The third-order valence-corrected chi connectivity index (χ3v) is 4.00. The second kappa shape index (κ2) is 10.0. The quantitative estimate of drug-likeness (QED) is 0.705.